The first-order valence-electron chi connectivity index (χ1n) is 5.23. The van der Waals surface area contributed by atoms with Crippen LogP contribution in [0.4, 0.5) is 32.1 Å². The third kappa shape index (κ3) is 3.08. The zero-order valence-corrected chi connectivity index (χ0v) is 11.4. The maximum atomic E-state index is 13.7. The summed E-state index contributed by atoms with van der Waals surface area (Å²) in [6, 6.07) is 3.78. The first-order chi connectivity index (χ1) is 8.99. The quantitative estimate of drug-likeness (QED) is 0.807. The fraction of sp³-hybridized carbons (Fsp3) is 0.0909. The van der Waals surface area contributed by atoms with Crippen molar-refractivity contribution in [2.24, 2.45) is 0 Å². The molecule has 5 nitrogen and oxygen atoms in total. The number of hydrogen-bond donors (Lipinski definition) is 3. The molecule has 19 heavy (non-hydrogen) atoms. The molecule has 0 spiro atoms. The molecule has 2 aromatic rings. The van der Waals surface area contributed by atoms with Gasteiger partial charge in [0.05, 0.1) is 0 Å². The zero-order valence-electron chi connectivity index (χ0n) is 9.84. The van der Waals surface area contributed by atoms with Gasteiger partial charge in [-0.3, -0.25) is 0 Å². The standard InChI is InChI=1S/C11H10BrF2N5/c1-16-8-4-9(19-11(15)18-8)17-10-6(13)2-5(12)3-7(10)14/h2-4H,1H3,(H4,15,16,17,18,19). The van der Waals surface area contributed by atoms with Crippen molar-refractivity contribution in [3.63, 3.8) is 0 Å². The van der Waals surface area contributed by atoms with Crippen LogP contribution in [0.15, 0.2) is 22.7 Å². The Morgan fingerprint density at radius 1 is 1.11 bits per heavy atom. The van der Waals surface area contributed by atoms with Crippen molar-refractivity contribution >= 4 is 39.2 Å². The molecule has 0 aliphatic heterocycles. The Morgan fingerprint density at radius 3 is 2.26 bits per heavy atom. The Bertz CT molecular complexity index is 597. The maximum Gasteiger partial charge on any atom is 0.223 e. The van der Waals surface area contributed by atoms with Crippen molar-refractivity contribution < 1.29 is 8.78 Å². The summed E-state index contributed by atoms with van der Waals surface area (Å²) in [6.45, 7) is 0. The summed E-state index contributed by atoms with van der Waals surface area (Å²) in [5, 5.41) is 5.31. The number of nitrogens with two attached hydrogens (primary N) is 1. The van der Waals surface area contributed by atoms with E-state index in [9.17, 15) is 8.78 Å². The molecule has 0 saturated carbocycles. The van der Waals surface area contributed by atoms with E-state index in [1.54, 1.807) is 7.05 Å². The van der Waals surface area contributed by atoms with E-state index in [0.717, 1.165) is 12.1 Å². The first kappa shape index (κ1) is 13.5. The molecule has 0 radical (unpaired) electrons. The largest absolute Gasteiger partial charge is 0.373 e. The summed E-state index contributed by atoms with van der Waals surface area (Å²) in [7, 11) is 1.65. The minimum Gasteiger partial charge on any atom is -0.373 e. The summed E-state index contributed by atoms with van der Waals surface area (Å²) in [4.78, 5) is 7.73. The van der Waals surface area contributed by atoms with Gasteiger partial charge in [-0.15, -0.1) is 0 Å². The van der Waals surface area contributed by atoms with E-state index in [-0.39, 0.29) is 17.5 Å². The second-order valence-electron chi connectivity index (χ2n) is 3.62. The molecule has 4 N–H and O–H groups in total. The highest BCUT2D eigenvalue weighted by Crippen LogP contribution is 2.27. The van der Waals surface area contributed by atoms with Gasteiger partial charge < -0.3 is 16.4 Å². The fourth-order valence-electron chi connectivity index (χ4n) is 1.45. The van der Waals surface area contributed by atoms with Crippen molar-refractivity contribution in [3.05, 3.63) is 34.3 Å². The van der Waals surface area contributed by atoms with Gasteiger partial charge in [0.15, 0.2) is 11.6 Å². The van der Waals surface area contributed by atoms with Crippen LogP contribution in [-0.4, -0.2) is 17.0 Å². The molecule has 0 aliphatic carbocycles. The van der Waals surface area contributed by atoms with Gasteiger partial charge in [-0.2, -0.15) is 9.97 Å². The Morgan fingerprint density at radius 2 is 1.68 bits per heavy atom. The fourth-order valence-corrected chi connectivity index (χ4v) is 1.85. The Hall–Kier alpha value is -1.96. The SMILES string of the molecule is CNc1cc(Nc2c(F)cc(Br)cc2F)nc(N)n1. The van der Waals surface area contributed by atoms with Crippen LogP contribution in [0.2, 0.25) is 0 Å². The van der Waals surface area contributed by atoms with Crippen molar-refractivity contribution in [1.29, 1.82) is 0 Å². The molecule has 100 valence electrons. The molecule has 0 unspecified atom stereocenters. The van der Waals surface area contributed by atoms with Gasteiger partial charge in [0.25, 0.3) is 0 Å². The second kappa shape index (κ2) is 5.35. The molecular formula is C11H10BrF2N5. The van der Waals surface area contributed by atoms with Crippen LogP contribution in [0.5, 0.6) is 0 Å². The minimum absolute atomic E-state index is 0.00715. The average Bonchev–Trinajstić information content (AvgIpc) is 2.33. The van der Waals surface area contributed by atoms with Gasteiger partial charge in [0.2, 0.25) is 5.95 Å². The maximum absolute atomic E-state index is 13.7. The van der Waals surface area contributed by atoms with Crippen LogP contribution >= 0.6 is 15.9 Å². The molecule has 0 fully saturated rings. The van der Waals surface area contributed by atoms with E-state index >= 15 is 0 Å². The third-order valence-electron chi connectivity index (χ3n) is 2.26. The van der Waals surface area contributed by atoms with Crippen LogP contribution in [0, 0.1) is 11.6 Å². The normalized spacial score (nSPS) is 10.3. The molecule has 8 heteroatoms. The van der Waals surface area contributed by atoms with E-state index in [1.165, 1.54) is 6.07 Å². The molecule has 1 aromatic heterocycles. The molecule has 0 atom stereocenters. The van der Waals surface area contributed by atoms with Gasteiger partial charge in [-0.05, 0) is 12.1 Å². The number of rotatable bonds is 3. The Labute approximate surface area is 116 Å². The summed E-state index contributed by atoms with van der Waals surface area (Å²) in [5.41, 5.74) is 5.19. The van der Waals surface area contributed by atoms with Gasteiger partial charge in [-0.25, -0.2) is 8.78 Å². The van der Waals surface area contributed by atoms with Crippen LogP contribution in [0.25, 0.3) is 0 Å². The second-order valence-corrected chi connectivity index (χ2v) is 4.53. The zero-order chi connectivity index (χ0) is 14.0. The third-order valence-corrected chi connectivity index (χ3v) is 2.72. The minimum atomic E-state index is -0.741. The lowest BCUT2D eigenvalue weighted by molar-refractivity contribution is 0.589. The van der Waals surface area contributed by atoms with E-state index in [0.29, 0.717) is 10.3 Å². The van der Waals surface area contributed by atoms with E-state index < -0.39 is 11.6 Å². The van der Waals surface area contributed by atoms with Crippen LogP contribution in [0.3, 0.4) is 0 Å². The average molecular weight is 330 g/mol. The Balaban J connectivity index is 2.39. The summed E-state index contributed by atoms with van der Waals surface area (Å²) in [5.74, 6) is -0.859. The van der Waals surface area contributed by atoms with Gasteiger partial charge >= 0.3 is 0 Å². The number of halogens is 3. The van der Waals surface area contributed by atoms with Crippen LogP contribution < -0.4 is 16.4 Å². The van der Waals surface area contributed by atoms with Crippen molar-refractivity contribution in [2.45, 2.75) is 0 Å². The first-order valence-corrected chi connectivity index (χ1v) is 6.03. The highest BCUT2D eigenvalue weighted by atomic mass is 79.9. The molecule has 0 amide bonds. The van der Waals surface area contributed by atoms with E-state index in [1.807, 2.05) is 0 Å². The van der Waals surface area contributed by atoms with E-state index in [2.05, 4.69) is 36.5 Å². The number of hydrogen-bond acceptors (Lipinski definition) is 5. The summed E-state index contributed by atoms with van der Waals surface area (Å²) >= 11 is 3.00. The highest BCUT2D eigenvalue weighted by Gasteiger charge is 2.12. The molecule has 2 rings (SSSR count). The lowest BCUT2D eigenvalue weighted by Crippen LogP contribution is -2.05. The number of anilines is 4. The van der Waals surface area contributed by atoms with Crippen molar-refractivity contribution in [2.75, 3.05) is 23.4 Å². The summed E-state index contributed by atoms with van der Waals surface area (Å²) < 4.78 is 27.6. The van der Waals surface area contributed by atoms with Crippen molar-refractivity contribution in [3.8, 4) is 0 Å². The topological polar surface area (TPSA) is 75.9 Å². The summed E-state index contributed by atoms with van der Waals surface area (Å²) in [6.07, 6.45) is 0. The molecule has 0 bridgehead atoms. The lowest BCUT2D eigenvalue weighted by Gasteiger charge is -2.10. The Kier molecular flexibility index (Phi) is 3.79. The number of nitrogens with zero attached hydrogens (tertiary/aromatic N) is 2. The predicted molar refractivity (Wildman–Crippen MR) is 73.3 cm³/mol. The van der Waals surface area contributed by atoms with Crippen LogP contribution in [0.1, 0.15) is 0 Å². The highest BCUT2D eigenvalue weighted by molar-refractivity contribution is 9.10. The number of benzene rings is 1. The van der Waals surface area contributed by atoms with Crippen LogP contribution in [-0.2, 0) is 0 Å². The predicted octanol–water partition coefficient (Wildman–Crippen LogP) is 2.88. The molecule has 0 aliphatic rings. The smallest absolute Gasteiger partial charge is 0.223 e. The molecule has 1 heterocycles. The van der Waals surface area contributed by atoms with Gasteiger partial charge in [0.1, 0.15) is 17.3 Å². The lowest BCUT2D eigenvalue weighted by atomic mass is 10.3. The van der Waals surface area contributed by atoms with E-state index in [4.69, 9.17) is 5.73 Å². The number of nitrogens with one attached hydrogen (secondary N) is 2. The molecule has 1 aromatic carbocycles. The molecular weight excluding hydrogens is 320 g/mol. The number of aromatic nitrogens is 2. The van der Waals surface area contributed by atoms with Crippen molar-refractivity contribution in [1.82, 2.24) is 9.97 Å². The van der Waals surface area contributed by atoms with Gasteiger partial charge in [-0.1, -0.05) is 15.9 Å². The number of nitrogen functional groups attached to an aromatic ring is 1. The monoisotopic (exact) mass is 329 g/mol. The van der Waals surface area contributed by atoms with Gasteiger partial charge in [0, 0.05) is 17.6 Å². The molecule has 0 saturated heterocycles.